The minimum atomic E-state index is -0.441. The fourth-order valence-electron chi connectivity index (χ4n) is 2.07. The van der Waals surface area contributed by atoms with Gasteiger partial charge in [0.25, 0.3) is 0 Å². The average molecular weight is 232 g/mol. The largest absolute Gasteiger partial charge is 0.446 e. The Labute approximate surface area is 98.5 Å². The van der Waals surface area contributed by atoms with Gasteiger partial charge in [-0.25, -0.2) is 9.37 Å². The number of nitrogens with two attached hydrogens (primary N) is 1. The quantitative estimate of drug-likeness (QED) is 0.866. The van der Waals surface area contributed by atoms with E-state index < -0.39 is 5.54 Å². The maximum atomic E-state index is 13.6. The molecule has 1 aliphatic rings. The highest BCUT2D eigenvalue weighted by atomic mass is 19.1. The van der Waals surface area contributed by atoms with Crippen molar-refractivity contribution < 1.29 is 8.81 Å². The summed E-state index contributed by atoms with van der Waals surface area (Å²) in [5.74, 6) is 0.217. The van der Waals surface area contributed by atoms with Crippen molar-refractivity contribution in [3.8, 4) is 11.3 Å². The molecule has 1 aromatic carbocycles. The first-order valence-corrected chi connectivity index (χ1v) is 5.69. The van der Waals surface area contributed by atoms with Crippen molar-refractivity contribution in [2.24, 2.45) is 5.73 Å². The normalized spacial score (nSPS) is 17.8. The van der Waals surface area contributed by atoms with Crippen LogP contribution in [0.4, 0.5) is 4.39 Å². The number of rotatable bonds is 2. The third kappa shape index (κ3) is 1.65. The number of halogens is 1. The number of oxazole rings is 1. The van der Waals surface area contributed by atoms with E-state index in [0.717, 1.165) is 19.3 Å². The zero-order valence-electron chi connectivity index (χ0n) is 9.32. The summed E-state index contributed by atoms with van der Waals surface area (Å²) in [6.45, 7) is 0. The molecule has 0 spiro atoms. The Morgan fingerprint density at radius 3 is 2.71 bits per heavy atom. The number of nitrogens with zero attached hydrogens (tertiary/aromatic N) is 1. The number of hydrogen-bond acceptors (Lipinski definition) is 3. The maximum absolute atomic E-state index is 13.6. The SMILES string of the molecule is NC1(c2nc(-c3ccccc3F)co2)CCC1. The Bertz CT molecular complexity index is 546. The van der Waals surface area contributed by atoms with Crippen LogP contribution in [0, 0.1) is 5.82 Å². The molecule has 0 bridgehead atoms. The number of aromatic nitrogens is 1. The van der Waals surface area contributed by atoms with E-state index >= 15 is 0 Å². The molecule has 17 heavy (non-hydrogen) atoms. The first kappa shape index (κ1) is 10.5. The van der Waals surface area contributed by atoms with Crippen LogP contribution in [0.25, 0.3) is 11.3 Å². The molecule has 2 N–H and O–H groups in total. The highest BCUT2D eigenvalue weighted by molar-refractivity contribution is 5.58. The van der Waals surface area contributed by atoms with Gasteiger partial charge in [-0.1, -0.05) is 12.1 Å². The van der Waals surface area contributed by atoms with Gasteiger partial charge in [0, 0.05) is 5.56 Å². The molecule has 4 heteroatoms. The highest BCUT2D eigenvalue weighted by Gasteiger charge is 2.39. The van der Waals surface area contributed by atoms with Gasteiger partial charge in [0.1, 0.15) is 17.8 Å². The molecular weight excluding hydrogens is 219 g/mol. The van der Waals surface area contributed by atoms with Gasteiger partial charge in [0.05, 0.1) is 5.54 Å². The highest BCUT2D eigenvalue weighted by Crippen LogP contribution is 2.39. The van der Waals surface area contributed by atoms with Crippen LogP contribution in [-0.4, -0.2) is 4.98 Å². The molecule has 0 atom stereocenters. The van der Waals surface area contributed by atoms with Crippen LogP contribution in [0.15, 0.2) is 34.9 Å². The van der Waals surface area contributed by atoms with E-state index in [1.54, 1.807) is 18.2 Å². The van der Waals surface area contributed by atoms with E-state index in [1.165, 1.54) is 12.3 Å². The standard InChI is InChI=1S/C13H13FN2O/c14-10-5-2-1-4-9(10)11-8-17-12(16-11)13(15)6-3-7-13/h1-2,4-5,8H,3,6-7,15H2. The molecule has 1 aromatic heterocycles. The van der Waals surface area contributed by atoms with Gasteiger partial charge in [0.15, 0.2) is 0 Å². The summed E-state index contributed by atoms with van der Waals surface area (Å²) >= 11 is 0. The van der Waals surface area contributed by atoms with E-state index in [-0.39, 0.29) is 5.82 Å². The summed E-state index contributed by atoms with van der Waals surface area (Å²) < 4.78 is 18.9. The Kier molecular flexibility index (Phi) is 2.26. The van der Waals surface area contributed by atoms with Crippen LogP contribution in [0.1, 0.15) is 25.2 Å². The molecule has 0 unspecified atom stereocenters. The van der Waals surface area contributed by atoms with E-state index in [9.17, 15) is 4.39 Å². The number of benzene rings is 1. The van der Waals surface area contributed by atoms with E-state index in [4.69, 9.17) is 10.2 Å². The predicted molar refractivity (Wildman–Crippen MR) is 61.6 cm³/mol. The van der Waals surface area contributed by atoms with Crippen LogP contribution in [0.2, 0.25) is 0 Å². The molecule has 0 aliphatic heterocycles. The fourth-order valence-corrected chi connectivity index (χ4v) is 2.07. The Hall–Kier alpha value is -1.68. The van der Waals surface area contributed by atoms with Crippen molar-refractivity contribution in [3.63, 3.8) is 0 Å². The summed E-state index contributed by atoms with van der Waals surface area (Å²) in [5, 5.41) is 0. The average Bonchev–Trinajstić information content (AvgIpc) is 2.76. The zero-order valence-corrected chi connectivity index (χ0v) is 9.32. The van der Waals surface area contributed by atoms with Crippen LogP contribution >= 0.6 is 0 Å². The molecule has 3 nitrogen and oxygen atoms in total. The fraction of sp³-hybridized carbons (Fsp3) is 0.308. The topological polar surface area (TPSA) is 52.0 Å². The van der Waals surface area contributed by atoms with E-state index in [0.29, 0.717) is 17.1 Å². The second-order valence-corrected chi connectivity index (χ2v) is 4.53. The first-order chi connectivity index (χ1) is 8.19. The van der Waals surface area contributed by atoms with E-state index in [2.05, 4.69) is 4.98 Å². The molecule has 2 aromatic rings. The van der Waals surface area contributed by atoms with Crippen LogP contribution in [0.5, 0.6) is 0 Å². The minimum absolute atomic E-state index is 0.299. The Balaban J connectivity index is 1.98. The van der Waals surface area contributed by atoms with Crippen molar-refractivity contribution in [1.29, 1.82) is 0 Å². The zero-order chi connectivity index (χ0) is 11.9. The van der Waals surface area contributed by atoms with Crippen molar-refractivity contribution in [3.05, 3.63) is 42.2 Å². The molecule has 0 saturated heterocycles. The lowest BCUT2D eigenvalue weighted by atomic mass is 9.78. The molecular formula is C13H13FN2O. The molecule has 1 saturated carbocycles. The number of hydrogen-bond donors (Lipinski definition) is 1. The van der Waals surface area contributed by atoms with Gasteiger partial charge in [-0.3, -0.25) is 0 Å². The Morgan fingerprint density at radius 2 is 2.06 bits per heavy atom. The van der Waals surface area contributed by atoms with Gasteiger partial charge in [-0.05, 0) is 31.4 Å². The third-order valence-corrected chi connectivity index (χ3v) is 3.33. The lowest BCUT2D eigenvalue weighted by Crippen LogP contribution is -2.43. The van der Waals surface area contributed by atoms with Gasteiger partial charge in [-0.2, -0.15) is 0 Å². The third-order valence-electron chi connectivity index (χ3n) is 3.33. The lowest BCUT2D eigenvalue weighted by Gasteiger charge is -2.34. The van der Waals surface area contributed by atoms with Crippen molar-refractivity contribution in [1.82, 2.24) is 4.98 Å². The van der Waals surface area contributed by atoms with Crippen molar-refractivity contribution in [2.75, 3.05) is 0 Å². The molecule has 1 fully saturated rings. The summed E-state index contributed by atoms with van der Waals surface area (Å²) in [6, 6.07) is 6.51. The smallest absolute Gasteiger partial charge is 0.214 e. The molecule has 88 valence electrons. The summed E-state index contributed by atoms with van der Waals surface area (Å²) in [5.41, 5.74) is 6.62. The van der Waals surface area contributed by atoms with Crippen molar-refractivity contribution in [2.45, 2.75) is 24.8 Å². The minimum Gasteiger partial charge on any atom is -0.446 e. The summed E-state index contributed by atoms with van der Waals surface area (Å²) in [7, 11) is 0. The molecule has 0 amide bonds. The molecule has 0 radical (unpaired) electrons. The summed E-state index contributed by atoms with van der Waals surface area (Å²) in [6.07, 6.45) is 4.32. The van der Waals surface area contributed by atoms with Gasteiger partial charge in [-0.15, -0.1) is 0 Å². The predicted octanol–water partition coefficient (Wildman–Crippen LogP) is 2.82. The molecule has 1 heterocycles. The van der Waals surface area contributed by atoms with Gasteiger partial charge < -0.3 is 10.2 Å². The van der Waals surface area contributed by atoms with Crippen LogP contribution in [0.3, 0.4) is 0 Å². The van der Waals surface area contributed by atoms with E-state index in [1.807, 2.05) is 0 Å². The second-order valence-electron chi connectivity index (χ2n) is 4.53. The second kappa shape index (κ2) is 3.67. The maximum Gasteiger partial charge on any atom is 0.214 e. The van der Waals surface area contributed by atoms with Gasteiger partial charge >= 0.3 is 0 Å². The molecule has 1 aliphatic carbocycles. The van der Waals surface area contributed by atoms with Crippen LogP contribution in [-0.2, 0) is 5.54 Å². The van der Waals surface area contributed by atoms with Crippen molar-refractivity contribution >= 4 is 0 Å². The summed E-state index contributed by atoms with van der Waals surface area (Å²) in [4.78, 5) is 4.30. The lowest BCUT2D eigenvalue weighted by molar-refractivity contribution is 0.199. The molecule has 3 rings (SSSR count). The first-order valence-electron chi connectivity index (χ1n) is 5.69. The Morgan fingerprint density at radius 1 is 1.29 bits per heavy atom. The van der Waals surface area contributed by atoms with Crippen LogP contribution < -0.4 is 5.73 Å². The van der Waals surface area contributed by atoms with Gasteiger partial charge in [0.2, 0.25) is 5.89 Å². The monoisotopic (exact) mass is 232 g/mol.